The van der Waals surface area contributed by atoms with E-state index in [0.29, 0.717) is 0 Å². The van der Waals surface area contributed by atoms with E-state index < -0.39 is 0 Å². The Hall–Kier alpha value is -0.474. The predicted octanol–water partition coefficient (Wildman–Crippen LogP) is 0.961. The van der Waals surface area contributed by atoms with E-state index in [0.717, 1.165) is 0 Å². The third kappa shape index (κ3) is 3.03. The summed E-state index contributed by atoms with van der Waals surface area (Å²) in [5.74, 6) is 0. The zero-order chi connectivity index (χ0) is 9.64. The molecular weight excluding hydrogens is 289 g/mol. The number of benzene rings is 2. The number of rotatable bonds is 0. The molecule has 0 heterocycles. The summed E-state index contributed by atoms with van der Waals surface area (Å²) in [5.41, 5.74) is 0. The first kappa shape index (κ1) is 10.1. The normalized spacial score (nSPS) is 8.86. The van der Waals surface area contributed by atoms with Crippen molar-refractivity contribution in [3.05, 3.63) is 60.7 Å². The molecule has 14 heavy (non-hydrogen) atoms. The van der Waals surface area contributed by atoms with E-state index in [1.807, 2.05) is 0 Å². The zero-order valence-corrected chi connectivity index (χ0v) is 12.0. The predicted molar refractivity (Wildman–Crippen MR) is 63.7 cm³/mol. The summed E-state index contributed by atoms with van der Waals surface area (Å²) in [6.07, 6.45) is 0. The van der Waals surface area contributed by atoms with Crippen molar-refractivity contribution in [2.75, 3.05) is 0 Å². The van der Waals surface area contributed by atoms with Crippen LogP contribution < -0.4 is 8.79 Å². The van der Waals surface area contributed by atoms with E-state index in [4.69, 9.17) is 0 Å². The van der Waals surface area contributed by atoms with Gasteiger partial charge in [-0.1, -0.05) is 0 Å². The van der Waals surface area contributed by atoms with Crippen LogP contribution in [0.2, 0.25) is 0 Å². The Labute approximate surface area is 94.5 Å². The first-order valence-corrected chi connectivity index (χ1v) is 13.2. The van der Waals surface area contributed by atoms with Crippen molar-refractivity contribution in [2.24, 2.45) is 0 Å². The quantitative estimate of drug-likeness (QED) is 0.636. The van der Waals surface area contributed by atoms with E-state index in [-0.39, 0.29) is 25.3 Å². The van der Waals surface area contributed by atoms with Crippen LogP contribution in [-0.4, -0.2) is 25.3 Å². The first-order valence-electron chi connectivity index (χ1n) is 4.57. The maximum absolute atomic E-state index is 2.27. The van der Waals surface area contributed by atoms with Crippen LogP contribution in [0.1, 0.15) is 0 Å². The van der Waals surface area contributed by atoms with E-state index in [1.54, 1.807) is 8.79 Å². The molecule has 0 fully saturated rings. The molecule has 2 rings (SSSR count). The van der Waals surface area contributed by atoms with Crippen LogP contribution >= 0.6 is 0 Å². The van der Waals surface area contributed by atoms with E-state index in [1.165, 1.54) is 0 Å². The molecule has 0 bridgehead atoms. The summed E-state index contributed by atoms with van der Waals surface area (Å²) in [4.78, 5) is 0. The second-order valence-corrected chi connectivity index (χ2v) is 11.9. The maximum atomic E-state index is 2.27. The van der Waals surface area contributed by atoms with Crippen molar-refractivity contribution in [2.45, 2.75) is 0 Å². The molecule has 66 valence electrons. The standard InChI is InChI=1S/C12H10Ge2/c1-3-7-11(8-4-1)13-14-12-9-5-2-6-10-12/h1-10H. The second-order valence-electron chi connectivity index (χ2n) is 2.98. The number of hydrogen-bond acceptors (Lipinski definition) is 0. The fraction of sp³-hybridized carbons (Fsp3) is 0. The van der Waals surface area contributed by atoms with Crippen LogP contribution in [0.25, 0.3) is 0 Å². The Morgan fingerprint density at radius 3 is 1.21 bits per heavy atom. The van der Waals surface area contributed by atoms with Crippen LogP contribution in [0, 0.1) is 0 Å². The van der Waals surface area contributed by atoms with Crippen molar-refractivity contribution in [3.63, 3.8) is 0 Å². The van der Waals surface area contributed by atoms with Gasteiger partial charge in [0.15, 0.2) is 0 Å². The van der Waals surface area contributed by atoms with Crippen molar-refractivity contribution in [1.29, 1.82) is 0 Å². The van der Waals surface area contributed by atoms with Crippen LogP contribution in [0.5, 0.6) is 0 Å². The second kappa shape index (κ2) is 5.42. The van der Waals surface area contributed by atoms with Crippen LogP contribution in [0.4, 0.5) is 0 Å². The molecule has 0 aliphatic rings. The van der Waals surface area contributed by atoms with Gasteiger partial charge < -0.3 is 0 Å². The first-order chi connectivity index (χ1) is 6.95. The molecule has 0 unspecified atom stereocenters. The summed E-state index contributed by atoms with van der Waals surface area (Å²) in [5, 5.41) is 0. The fourth-order valence-electron chi connectivity index (χ4n) is 1.19. The molecule has 0 aliphatic carbocycles. The summed E-state index contributed by atoms with van der Waals surface area (Å²) < 4.78 is 3.19. The van der Waals surface area contributed by atoms with E-state index >= 15 is 0 Å². The molecule has 0 radical (unpaired) electrons. The van der Waals surface area contributed by atoms with Gasteiger partial charge >= 0.3 is 94.8 Å². The average molecular weight is 299 g/mol. The summed E-state index contributed by atoms with van der Waals surface area (Å²) in [6.45, 7) is 0. The molecule has 0 aliphatic heterocycles. The molecule has 2 aromatic rings. The van der Waals surface area contributed by atoms with Crippen LogP contribution in [0.3, 0.4) is 0 Å². The van der Waals surface area contributed by atoms with Crippen LogP contribution in [-0.2, 0) is 0 Å². The van der Waals surface area contributed by atoms with Gasteiger partial charge in [0.2, 0.25) is 0 Å². The third-order valence-electron chi connectivity index (χ3n) is 1.90. The summed E-state index contributed by atoms with van der Waals surface area (Å²) in [7, 11) is 0. The minimum atomic E-state index is 0.139. The number of hydrogen-bond donors (Lipinski definition) is 0. The fourth-order valence-corrected chi connectivity index (χ4v) is 10.1. The topological polar surface area (TPSA) is 0 Å². The molecule has 0 saturated carbocycles. The summed E-state index contributed by atoms with van der Waals surface area (Å²) in [6, 6.07) is 21.9. The third-order valence-corrected chi connectivity index (χ3v) is 12.4. The molecule has 2 aromatic carbocycles. The van der Waals surface area contributed by atoms with Crippen molar-refractivity contribution in [3.8, 4) is 0 Å². The van der Waals surface area contributed by atoms with Gasteiger partial charge in [-0.3, -0.25) is 0 Å². The van der Waals surface area contributed by atoms with Gasteiger partial charge in [0.25, 0.3) is 0 Å². The Bertz CT molecular complexity index is 408. The van der Waals surface area contributed by atoms with E-state index in [9.17, 15) is 0 Å². The molecule has 0 aromatic heterocycles. The minimum absolute atomic E-state index is 0.139. The summed E-state index contributed by atoms with van der Waals surface area (Å²) >= 11 is 0.279. The monoisotopic (exact) mass is 302 g/mol. The van der Waals surface area contributed by atoms with Crippen molar-refractivity contribution in [1.82, 2.24) is 0 Å². The molecular formula is C12H10Ge2. The Morgan fingerprint density at radius 1 is 0.500 bits per heavy atom. The van der Waals surface area contributed by atoms with Gasteiger partial charge in [-0.2, -0.15) is 0 Å². The van der Waals surface area contributed by atoms with Crippen molar-refractivity contribution >= 4 is 34.1 Å². The average Bonchev–Trinajstić information content (AvgIpc) is 2.29. The van der Waals surface area contributed by atoms with Gasteiger partial charge in [0.05, 0.1) is 0 Å². The van der Waals surface area contributed by atoms with Gasteiger partial charge in [0, 0.05) is 0 Å². The molecule has 0 saturated heterocycles. The molecule has 0 atom stereocenters. The van der Waals surface area contributed by atoms with E-state index in [2.05, 4.69) is 60.7 Å². The van der Waals surface area contributed by atoms with Crippen LogP contribution in [0.15, 0.2) is 60.7 Å². The van der Waals surface area contributed by atoms with Gasteiger partial charge in [-0.15, -0.1) is 0 Å². The molecule has 0 amide bonds. The van der Waals surface area contributed by atoms with Crippen molar-refractivity contribution < 1.29 is 0 Å². The van der Waals surface area contributed by atoms with Gasteiger partial charge in [-0.25, -0.2) is 0 Å². The molecule has 2 heteroatoms. The van der Waals surface area contributed by atoms with Gasteiger partial charge in [0.1, 0.15) is 0 Å². The molecule has 0 spiro atoms. The molecule has 0 N–H and O–H groups in total. The molecule has 0 nitrogen and oxygen atoms in total. The zero-order valence-electron chi connectivity index (χ0n) is 7.77. The Balaban J connectivity index is 2.24. The SMILES string of the molecule is c1cc[c]([Ge]#[Ge][c]2ccccc2)cc1. The Morgan fingerprint density at radius 2 is 0.857 bits per heavy atom. The Kier molecular flexibility index (Phi) is 3.89. The van der Waals surface area contributed by atoms with Gasteiger partial charge in [-0.05, 0) is 0 Å².